The molecule has 0 atom stereocenters. The monoisotopic (exact) mass is 506 g/mol. The third-order valence-electron chi connectivity index (χ3n) is 8.99. The van der Waals surface area contributed by atoms with Crippen LogP contribution >= 0.6 is 0 Å². The first-order valence-electron chi connectivity index (χ1n) is 13.9. The van der Waals surface area contributed by atoms with Gasteiger partial charge >= 0.3 is 0 Å². The third-order valence-corrected chi connectivity index (χ3v) is 8.99. The van der Waals surface area contributed by atoms with Crippen molar-refractivity contribution in [3.63, 3.8) is 0 Å². The minimum atomic E-state index is 1.19. The van der Waals surface area contributed by atoms with Gasteiger partial charge in [0.1, 0.15) is 0 Å². The van der Waals surface area contributed by atoms with Crippen molar-refractivity contribution in [2.45, 2.75) is 0 Å². The van der Waals surface area contributed by atoms with Crippen molar-refractivity contribution >= 4 is 65.2 Å². The number of nitrogens with zero attached hydrogens (tertiary/aromatic N) is 2. The molecule has 0 saturated carbocycles. The first kappa shape index (κ1) is 20.6. The fourth-order valence-corrected chi connectivity index (χ4v) is 7.55. The van der Waals surface area contributed by atoms with E-state index in [0.717, 1.165) is 0 Å². The summed E-state index contributed by atoms with van der Waals surface area (Å²) < 4.78 is 4.95. The van der Waals surface area contributed by atoms with Crippen LogP contribution in [0, 0.1) is 0 Å². The molecule has 10 rings (SSSR count). The van der Waals surface area contributed by atoms with Crippen molar-refractivity contribution in [2.75, 3.05) is 0 Å². The lowest BCUT2D eigenvalue weighted by Gasteiger charge is -2.13. The molecule has 0 unspecified atom stereocenters. The first-order chi connectivity index (χ1) is 19.9. The summed E-state index contributed by atoms with van der Waals surface area (Å²) in [5, 5.41) is 10.7. The molecule has 40 heavy (non-hydrogen) atoms. The van der Waals surface area contributed by atoms with Crippen molar-refractivity contribution in [3.8, 4) is 22.5 Å². The Labute approximate surface area is 229 Å². The third kappa shape index (κ3) is 2.33. The predicted octanol–water partition coefficient (Wildman–Crippen LogP) is 10.2. The highest BCUT2D eigenvalue weighted by molar-refractivity contribution is 6.43. The second-order valence-corrected chi connectivity index (χ2v) is 10.9. The Morgan fingerprint density at radius 2 is 0.850 bits per heavy atom. The smallest absolute Gasteiger partial charge is 0.0626 e. The molecule has 1 aliphatic rings. The Balaban J connectivity index is 1.60. The van der Waals surface area contributed by atoms with Crippen LogP contribution in [0.15, 0.2) is 133 Å². The van der Waals surface area contributed by atoms with Crippen molar-refractivity contribution < 1.29 is 0 Å². The quantitative estimate of drug-likeness (QED) is 0.206. The van der Waals surface area contributed by atoms with Crippen LogP contribution in [-0.4, -0.2) is 9.13 Å². The normalized spacial score (nSPS) is 12.5. The Morgan fingerprint density at radius 1 is 0.300 bits per heavy atom. The highest BCUT2D eigenvalue weighted by Crippen LogP contribution is 2.53. The Morgan fingerprint density at radius 3 is 1.55 bits per heavy atom. The fourth-order valence-electron chi connectivity index (χ4n) is 7.55. The van der Waals surface area contributed by atoms with E-state index in [9.17, 15) is 0 Å². The van der Waals surface area contributed by atoms with Gasteiger partial charge < -0.3 is 9.13 Å². The summed E-state index contributed by atoms with van der Waals surface area (Å²) in [7, 11) is 0. The van der Waals surface area contributed by atoms with E-state index in [4.69, 9.17) is 0 Å². The SMILES string of the molecule is c1ccc(-n2c3cccc4c3c3c5c(ccc32)c2ccccc2c2c5c3c-4cccc3n2-c2ccccc2)cc1. The second kappa shape index (κ2) is 7.19. The molecule has 0 spiro atoms. The average molecular weight is 507 g/mol. The molecule has 2 aromatic heterocycles. The summed E-state index contributed by atoms with van der Waals surface area (Å²) in [6.07, 6.45) is 0. The minimum Gasteiger partial charge on any atom is -0.309 e. The van der Waals surface area contributed by atoms with E-state index < -0.39 is 0 Å². The van der Waals surface area contributed by atoms with Crippen LogP contribution < -0.4 is 0 Å². The van der Waals surface area contributed by atoms with Crippen molar-refractivity contribution in [2.24, 2.45) is 0 Å². The molecule has 2 nitrogen and oxygen atoms in total. The van der Waals surface area contributed by atoms with Gasteiger partial charge in [0.15, 0.2) is 0 Å². The van der Waals surface area contributed by atoms with E-state index in [1.807, 2.05) is 0 Å². The molecule has 2 heterocycles. The summed E-state index contributed by atoms with van der Waals surface area (Å²) in [5.74, 6) is 0. The van der Waals surface area contributed by atoms with Crippen molar-refractivity contribution in [1.82, 2.24) is 9.13 Å². The maximum Gasteiger partial charge on any atom is 0.0626 e. The number of fused-ring (bicyclic) bond motifs is 4. The summed E-state index contributed by atoms with van der Waals surface area (Å²) in [6.45, 7) is 0. The van der Waals surface area contributed by atoms with E-state index in [0.29, 0.717) is 0 Å². The van der Waals surface area contributed by atoms with E-state index >= 15 is 0 Å². The highest BCUT2D eigenvalue weighted by Gasteiger charge is 2.28. The number of aromatic nitrogens is 2. The van der Waals surface area contributed by atoms with Gasteiger partial charge in [0.05, 0.1) is 22.1 Å². The number of hydrogen-bond acceptors (Lipinski definition) is 0. The molecule has 9 aromatic rings. The summed E-state index contributed by atoms with van der Waals surface area (Å²) in [4.78, 5) is 0. The van der Waals surface area contributed by atoms with Crippen LogP contribution in [-0.2, 0) is 0 Å². The van der Waals surface area contributed by atoms with Crippen molar-refractivity contribution in [1.29, 1.82) is 0 Å². The minimum absolute atomic E-state index is 1.19. The van der Waals surface area contributed by atoms with Crippen LogP contribution in [0.4, 0.5) is 0 Å². The van der Waals surface area contributed by atoms with E-state index in [1.54, 1.807) is 0 Å². The lowest BCUT2D eigenvalue weighted by Crippen LogP contribution is -1.95. The molecular formula is C38H22N2. The zero-order valence-electron chi connectivity index (χ0n) is 21.6. The molecule has 7 aromatic carbocycles. The molecule has 0 aliphatic heterocycles. The summed E-state index contributed by atoms with van der Waals surface area (Å²) >= 11 is 0. The van der Waals surface area contributed by atoms with Gasteiger partial charge in [-0.05, 0) is 64.4 Å². The lowest BCUT2D eigenvalue weighted by atomic mass is 9.94. The van der Waals surface area contributed by atoms with E-state index in [-0.39, 0.29) is 0 Å². The Bertz CT molecular complexity index is 2510. The molecule has 0 saturated heterocycles. The second-order valence-electron chi connectivity index (χ2n) is 10.9. The van der Waals surface area contributed by atoms with Crippen LogP contribution in [0.1, 0.15) is 0 Å². The van der Waals surface area contributed by atoms with E-state index in [2.05, 4.69) is 143 Å². The maximum atomic E-state index is 2.49. The molecule has 0 bridgehead atoms. The van der Waals surface area contributed by atoms with Gasteiger partial charge in [-0.1, -0.05) is 91.0 Å². The van der Waals surface area contributed by atoms with Gasteiger partial charge in [0.25, 0.3) is 0 Å². The molecule has 0 radical (unpaired) electrons. The molecule has 0 fully saturated rings. The topological polar surface area (TPSA) is 9.86 Å². The zero-order chi connectivity index (χ0) is 25.9. The molecule has 0 N–H and O–H groups in total. The largest absolute Gasteiger partial charge is 0.309 e. The molecule has 0 amide bonds. The van der Waals surface area contributed by atoms with Gasteiger partial charge in [-0.15, -0.1) is 0 Å². The zero-order valence-corrected chi connectivity index (χ0v) is 21.6. The van der Waals surface area contributed by atoms with Gasteiger partial charge in [0.2, 0.25) is 0 Å². The first-order valence-corrected chi connectivity index (χ1v) is 13.9. The number of rotatable bonds is 2. The maximum absolute atomic E-state index is 2.49. The Kier molecular flexibility index (Phi) is 3.70. The highest BCUT2D eigenvalue weighted by atomic mass is 15.0. The summed E-state index contributed by atoms with van der Waals surface area (Å²) in [6, 6.07) is 49.0. The molecule has 2 heteroatoms. The summed E-state index contributed by atoms with van der Waals surface area (Å²) in [5.41, 5.74) is 10.1. The Hall–Kier alpha value is -5.34. The molecule has 184 valence electrons. The molecular weight excluding hydrogens is 484 g/mol. The number of para-hydroxylation sites is 2. The van der Waals surface area contributed by atoms with Crippen LogP contribution in [0.5, 0.6) is 0 Å². The number of hydrogen-bond donors (Lipinski definition) is 0. The lowest BCUT2D eigenvalue weighted by molar-refractivity contribution is 1.18. The standard InChI is InChI=1S/C38H22N2/c1-3-11-23(12-4-1)39-30-19-9-17-26-27-18-10-20-31-34(27)37-35-28(21-22-32(39)36(35)33(26)30)25-15-7-8-16-29(25)38(37)40(31)24-13-5-2-6-14-24/h1-22H. The van der Waals surface area contributed by atoms with Crippen LogP contribution in [0.3, 0.4) is 0 Å². The molecule has 1 aliphatic carbocycles. The fraction of sp³-hybridized carbons (Fsp3) is 0. The number of benzene rings is 7. The van der Waals surface area contributed by atoms with Crippen LogP contribution in [0.25, 0.3) is 87.7 Å². The van der Waals surface area contributed by atoms with Gasteiger partial charge in [-0.25, -0.2) is 0 Å². The average Bonchev–Trinajstić information content (AvgIpc) is 3.51. The van der Waals surface area contributed by atoms with Crippen molar-refractivity contribution in [3.05, 3.63) is 133 Å². The van der Waals surface area contributed by atoms with Gasteiger partial charge in [0, 0.05) is 43.7 Å². The van der Waals surface area contributed by atoms with Gasteiger partial charge in [-0.2, -0.15) is 0 Å². The van der Waals surface area contributed by atoms with E-state index in [1.165, 1.54) is 87.7 Å². The van der Waals surface area contributed by atoms with Gasteiger partial charge in [-0.3, -0.25) is 0 Å². The van der Waals surface area contributed by atoms with Crippen LogP contribution in [0.2, 0.25) is 0 Å². The predicted molar refractivity (Wildman–Crippen MR) is 169 cm³/mol.